The lowest BCUT2D eigenvalue weighted by Gasteiger charge is -2.29. The third kappa shape index (κ3) is 3.79. The normalized spacial score (nSPS) is 20.3. The topological polar surface area (TPSA) is 64.1 Å². The van der Waals surface area contributed by atoms with Gasteiger partial charge in [-0.3, -0.25) is 4.79 Å². The number of aromatic nitrogens is 2. The molecule has 25 heavy (non-hydrogen) atoms. The number of thiazole rings is 1. The molecule has 128 valence electrons. The summed E-state index contributed by atoms with van der Waals surface area (Å²) in [5.74, 6) is 0.664. The van der Waals surface area contributed by atoms with E-state index < -0.39 is 0 Å². The van der Waals surface area contributed by atoms with E-state index in [4.69, 9.17) is 4.74 Å². The van der Waals surface area contributed by atoms with Crippen LogP contribution in [0.15, 0.2) is 48.1 Å². The number of fused-ring (bicyclic) bond motifs is 1. The van der Waals surface area contributed by atoms with Gasteiger partial charge in [0.25, 0.3) is 5.91 Å². The average Bonchev–Trinajstić information content (AvgIpc) is 3.12. The molecule has 1 amide bonds. The number of ether oxygens (including phenoxy) is 1. The molecular weight excluding hydrogens is 334 g/mol. The van der Waals surface area contributed by atoms with E-state index in [-0.39, 0.29) is 18.1 Å². The number of hydrogen-bond donors (Lipinski definition) is 1. The van der Waals surface area contributed by atoms with E-state index in [9.17, 15) is 4.79 Å². The SMILES string of the molecule is O=C(NC1CCC(Oc2ccccn2)CC1)c1ccc2ncsc2c1. The zero-order chi connectivity index (χ0) is 17.1. The molecule has 0 unspecified atom stereocenters. The first kappa shape index (κ1) is 16.0. The van der Waals surface area contributed by atoms with Gasteiger partial charge in [0, 0.05) is 23.9 Å². The van der Waals surface area contributed by atoms with Crippen molar-refractivity contribution >= 4 is 27.5 Å². The van der Waals surface area contributed by atoms with Crippen LogP contribution in [0.25, 0.3) is 10.2 Å². The molecule has 4 rings (SSSR count). The molecular formula is C19H19N3O2S. The van der Waals surface area contributed by atoms with Crippen LogP contribution in [0, 0.1) is 0 Å². The Balaban J connectivity index is 1.31. The van der Waals surface area contributed by atoms with E-state index >= 15 is 0 Å². The van der Waals surface area contributed by atoms with Crippen molar-refractivity contribution < 1.29 is 9.53 Å². The largest absolute Gasteiger partial charge is 0.474 e. The second-order valence-electron chi connectivity index (χ2n) is 6.27. The van der Waals surface area contributed by atoms with Gasteiger partial charge >= 0.3 is 0 Å². The summed E-state index contributed by atoms with van der Waals surface area (Å²) in [5.41, 5.74) is 3.44. The zero-order valence-corrected chi connectivity index (χ0v) is 14.5. The van der Waals surface area contributed by atoms with Crippen molar-refractivity contribution in [1.82, 2.24) is 15.3 Å². The highest BCUT2D eigenvalue weighted by atomic mass is 32.1. The minimum Gasteiger partial charge on any atom is -0.474 e. The molecule has 1 saturated carbocycles. The van der Waals surface area contributed by atoms with Crippen LogP contribution >= 0.6 is 11.3 Å². The summed E-state index contributed by atoms with van der Waals surface area (Å²) >= 11 is 1.55. The first-order chi connectivity index (χ1) is 12.3. The fourth-order valence-electron chi connectivity index (χ4n) is 3.18. The Hall–Kier alpha value is -2.47. The molecule has 1 aromatic carbocycles. The number of nitrogens with zero attached hydrogens (tertiary/aromatic N) is 2. The van der Waals surface area contributed by atoms with Crippen molar-refractivity contribution in [3.8, 4) is 5.88 Å². The van der Waals surface area contributed by atoms with Crippen molar-refractivity contribution in [2.45, 2.75) is 37.8 Å². The maximum Gasteiger partial charge on any atom is 0.251 e. The van der Waals surface area contributed by atoms with Crippen LogP contribution in [0.1, 0.15) is 36.0 Å². The fraction of sp³-hybridized carbons (Fsp3) is 0.316. The van der Waals surface area contributed by atoms with Gasteiger partial charge in [-0.05, 0) is 49.9 Å². The Morgan fingerprint density at radius 3 is 2.80 bits per heavy atom. The van der Waals surface area contributed by atoms with Crippen LogP contribution < -0.4 is 10.1 Å². The van der Waals surface area contributed by atoms with E-state index in [2.05, 4.69) is 15.3 Å². The number of nitrogens with one attached hydrogen (secondary N) is 1. The van der Waals surface area contributed by atoms with E-state index in [0.29, 0.717) is 11.4 Å². The standard InChI is InChI=1S/C19H19N3O2S/c23-19(13-4-9-16-17(11-13)25-12-21-16)22-14-5-7-15(8-6-14)24-18-3-1-2-10-20-18/h1-4,9-12,14-15H,5-8H2,(H,22,23). The summed E-state index contributed by atoms with van der Waals surface area (Å²) < 4.78 is 6.94. The van der Waals surface area contributed by atoms with Crippen LogP contribution in [0.3, 0.4) is 0 Å². The molecule has 0 bridgehead atoms. The van der Waals surface area contributed by atoms with E-state index in [1.54, 1.807) is 23.0 Å². The van der Waals surface area contributed by atoms with Gasteiger partial charge in [0.2, 0.25) is 5.88 Å². The van der Waals surface area contributed by atoms with Gasteiger partial charge in [-0.25, -0.2) is 9.97 Å². The third-order valence-electron chi connectivity index (χ3n) is 4.53. The Labute approximate surface area is 150 Å². The fourth-order valence-corrected chi connectivity index (χ4v) is 3.89. The molecule has 2 aromatic heterocycles. The number of hydrogen-bond acceptors (Lipinski definition) is 5. The second kappa shape index (κ2) is 7.19. The van der Waals surface area contributed by atoms with Gasteiger partial charge in [0.15, 0.2) is 0 Å². The van der Waals surface area contributed by atoms with Gasteiger partial charge < -0.3 is 10.1 Å². The number of rotatable bonds is 4. The van der Waals surface area contributed by atoms with Crippen LogP contribution in [0.5, 0.6) is 5.88 Å². The zero-order valence-electron chi connectivity index (χ0n) is 13.7. The lowest BCUT2D eigenvalue weighted by atomic mass is 9.92. The lowest BCUT2D eigenvalue weighted by molar-refractivity contribution is 0.0890. The Bertz CT molecular complexity index is 857. The molecule has 3 aromatic rings. The maximum atomic E-state index is 12.5. The van der Waals surface area contributed by atoms with Crippen molar-refractivity contribution in [2.75, 3.05) is 0 Å². The molecule has 5 nitrogen and oxygen atoms in total. The maximum absolute atomic E-state index is 12.5. The summed E-state index contributed by atoms with van der Waals surface area (Å²) in [5, 5.41) is 3.15. The molecule has 1 N–H and O–H groups in total. The van der Waals surface area contributed by atoms with Crippen LogP contribution in [-0.4, -0.2) is 28.0 Å². The molecule has 2 heterocycles. The first-order valence-electron chi connectivity index (χ1n) is 8.50. The molecule has 0 spiro atoms. The number of carbonyl (C=O) groups excluding carboxylic acids is 1. The molecule has 1 aliphatic carbocycles. The van der Waals surface area contributed by atoms with Crippen molar-refractivity contribution in [2.24, 2.45) is 0 Å². The molecule has 1 aliphatic rings. The Kier molecular flexibility index (Phi) is 4.61. The number of pyridine rings is 1. The van der Waals surface area contributed by atoms with Crippen LogP contribution in [0.2, 0.25) is 0 Å². The third-order valence-corrected chi connectivity index (χ3v) is 5.32. The van der Waals surface area contributed by atoms with Crippen molar-refractivity contribution in [3.05, 3.63) is 53.7 Å². The van der Waals surface area contributed by atoms with Crippen LogP contribution in [0.4, 0.5) is 0 Å². The van der Waals surface area contributed by atoms with E-state index in [1.807, 2.05) is 36.4 Å². The van der Waals surface area contributed by atoms with Gasteiger partial charge in [-0.1, -0.05) is 6.07 Å². The molecule has 0 atom stereocenters. The highest BCUT2D eigenvalue weighted by Gasteiger charge is 2.24. The van der Waals surface area contributed by atoms with Gasteiger partial charge in [0.05, 0.1) is 15.7 Å². The summed E-state index contributed by atoms with van der Waals surface area (Å²) in [6, 6.07) is 11.5. The number of carbonyl (C=O) groups is 1. The summed E-state index contributed by atoms with van der Waals surface area (Å²) in [6.07, 6.45) is 5.61. The smallest absolute Gasteiger partial charge is 0.251 e. The molecule has 0 saturated heterocycles. The van der Waals surface area contributed by atoms with Crippen molar-refractivity contribution in [3.63, 3.8) is 0 Å². The number of amides is 1. The predicted molar refractivity (Wildman–Crippen MR) is 98.0 cm³/mol. The summed E-state index contributed by atoms with van der Waals surface area (Å²) in [4.78, 5) is 20.9. The second-order valence-corrected chi connectivity index (χ2v) is 7.15. The minimum absolute atomic E-state index is 0.00982. The molecule has 1 fully saturated rings. The summed E-state index contributed by atoms with van der Waals surface area (Å²) in [6.45, 7) is 0. The Morgan fingerprint density at radius 2 is 2.00 bits per heavy atom. The van der Waals surface area contributed by atoms with E-state index in [0.717, 1.165) is 35.9 Å². The quantitative estimate of drug-likeness (QED) is 0.775. The van der Waals surface area contributed by atoms with Gasteiger partial charge in [-0.2, -0.15) is 0 Å². The van der Waals surface area contributed by atoms with E-state index in [1.165, 1.54) is 0 Å². The van der Waals surface area contributed by atoms with Gasteiger partial charge in [0.1, 0.15) is 6.10 Å². The summed E-state index contributed by atoms with van der Waals surface area (Å²) in [7, 11) is 0. The highest BCUT2D eigenvalue weighted by molar-refractivity contribution is 7.16. The monoisotopic (exact) mass is 353 g/mol. The predicted octanol–water partition coefficient (Wildman–Crippen LogP) is 3.81. The molecule has 0 aliphatic heterocycles. The van der Waals surface area contributed by atoms with Crippen molar-refractivity contribution in [1.29, 1.82) is 0 Å². The average molecular weight is 353 g/mol. The van der Waals surface area contributed by atoms with Crippen LogP contribution in [-0.2, 0) is 0 Å². The number of benzene rings is 1. The Morgan fingerprint density at radius 1 is 1.12 bits per heavy atom. The highest BCUT2D eigenvalue weighted by Crippen LogP contribution is 2.24. The molecule has 6 heteroatoms. The lowest BCUT2D eigenvalue weighted by Crippen LogP contribution is -2.39. The van der Waals surface area contributed by atoms with Gasteiger partial charge in [-0.15, -0.1) is 11.3 Å². The first-order valence-corrected chi connectivity index (χ1v) is 9.38. The molecule has 0 radical (unpaired) electrons. The minimum atomic E-state index is -0.00982.